The van der Waals surface area contributed by atoms with Gasteiger partial charge in [0.25, 0.3) is 0 Å². The molecule has 1 aromatic rings. The number of halogens is 2. The van der Waals surface area contributed by atoms with E-state index in [1.165, 1.54) is 0 Å². The minimum absolute atomic E-state index is 0.208. The third-order valence-electron chi connectivity index (χ3n) is 6.06. The average molecular weight is 368 g/mol. The Bertz CT molecular complexity index is 961. The van der Waals surface area contributed by atoms with Gasteiger partial charge in [-0.2, -0.15) is 15.8 Å². The van der Waals surface area contributed by atoms with Crippen molar-refractivity contribution in [3.63, 3.8) is 0 Å². The van der Waals surface area contributed by atoms with Gasteiger partial charge in [0.2, 0.25) is 17.1 Å². The predicted molar refractivity (Wildman–Crippen MR) is 85.4 cm³/mol. The van der Waals surface area contributed by atoms with E-state index in [4.69, 9.17) is 14.9 Å². The van der Waals surface area contributed by atoms with Gasteiger partial charge < -0.3 is 9.47 Å². The molecular formula is C19H14F2N4O2. The molecule has 0 amide bonds. The molecule has 0 spiro atoms. The molecule has 4 rings (SSSR count). The molecule has 136 valence electrons. The van der Waals surface area contributed by atoms with Crippen LogP contribution in [0.5, 0.6) is 0 Å². The summed E-state index contributed by atoms with van der Waals surface area (Å²) in [6.07, 6.45) is 0.744. The van der Waals surface area contributed by atoms with E-state index in [1.807, 2.05) is 18.2 Å². The molecule has 8 heteroatoms. The summed E-state index contributed by atoms with van der Waals surface area (Å²) in [6, 6.07) is 8.44. The standard InChI is InChI=1S/C19H14F2N4O2/c20-11-4-5-12(13(21)7-11)15-17(8-22,9-23)18(10-24)14-3-1-2-6-19(14,26-15)27-16(18)25/h4-5,7,14-15,25H,1-3,6H2. The topological polar surface area (TPSA) is 114 Å². The van der Waals surface area contributed by atoms with E-state index in [0.29, 0.717) is 25.3 Å². The number of nitriles is 3. The van der Waals surface area contributed by atoms with Crippen LogP contribution in [0.25, 0.3) is 0 Å². The molecule has 2 heterocycles. The summed E-state index contributed by atoms with van der Waals surface area (Å²) < 4.78 is 39.7. The second-order valence-corrected chi connectivity index (χ2v) is 7.16. The Morgan fingerprint density at radius 3 is 2.48 bits per heavy atom. The van der Waals surface area contributed by atoms with Crippen molar-refractivity contribution in [2.75, 3.05) is 0 Å². The van der Waals surface area contributed by atoms with E-state index in [-0.39, 0.29) is 5.56 Å². The van der Waals surface area contributed by atoms with E-state index >= 15 is 0 Å². The zero-order chi connectivity index (χ0) is 19.4. The largest absolute Gasteiger partial charge is 0.447 e. The molecule has 6 nitrogen and oxygen atoms in total. The molecule has 4 atom stereocenters. The monoisotopic (exact) mass is 368 g/mol. The Balaban J connectivity index is 2.02. The molecule has 2 saturated heterocycles. The van der Waals surface area contributed by atoms with Gasteiger partial charge in [-0.15, -0.1) is 0 Å². The summed E-state index contributed by atoms with van der Waals surface area (Å²) in [5, 5.41) is 38.4. The minimum atomic E-state index is -2.21. The SMILES string of the molecule is N#CC1(C#N)C(c2ccc(F)cc2F)OC23CCCCC2C1(C#N)C(=N)O3. The van der Waals surface area contributed by atoms with Crippen molar-refractivity contribution in [1.82, 2.24) is 0 Å². The fraction of sp³-hybridized carbons (Fsp3) is 0.474. The Hall–Kier alpha value is -3.02. The molecule has 2 aliphatic heterocycles. The fourth-order valence-corrected chi connectivity index (χ4v) is 4.85. The van der Waals surface area contributed by atoms with Crippen molar-refractivity contribution in [3.05, 3.63) is 35.4 Å². The highest BCUT2D eigenvalue weighted by molar-refractivity contribution is 5.89. The third kappa shape index (κ3) is 1.85. The Kier molecular flexibility index (Phi) is 3.54. The lowest BCUT2D eigenvalue weighted by molar-refractivity contribution is -0.295. The van der Waals surface area contributed by atoms with Gasteiger partial charge in [-0.05, 0) is 18.9 Å². The van der Waals surface area contributed by atoms with Gasteiger partial charge in [-0.3, -0.25) is 5.41 Å². The molecule has 0 radical (unpaired) electrons. The molecule has 1 N–H and O–H groups in total. The lowest BCUT2D eigenvalue weighted by atomic mass is 9.51. The number of ether oxygens (including phenoxy) is 2. The number of nitrogens with one attached hydrogen (secondary N) is 1. The molecule has 3 aliphatic rings. The maximum absolute atomic E-state index is 14.6. The molecule has 1 saturated carbocycles. The predicted octanol–water partition coefficient (Wildman–Crippen LogP) is 3.47. The quantitative estimate of drug-likeness (QED) is 0.815. The van der Waals surface area contributed by atoms with E-state index in [2.05, 4.69) is 0 Å². The highest BCUT2D eigenvalue weighted by atomic mass is 19.1. The average Bonchev–Trinajstić information content (AvgIpc) is 2.87. The van der Waals surface area contributed by atoms with Crippen molar-refractivity contribution in [1.29, 1.82) is 21.2 Å². The van der Waals surface area contributed by atoms with Crippen LogP contribution < -0.4 is 0 Å². The maximum Gasteiger partial charge on any atom is 0.217 e. The molecule has 0 aromatic heterocycles. The molecule has 1 aliphatic carbocycles. The minimum Gasteiger partial charge on any atom is -0.447 e. The van der Waals surface area contributed by atoms with E-state index in [9.17, 15) is 24.6 Å². The van der Waals surface area contributed by atoms with Crippen LogP contribution in [0, 0.1) is 67.8 Å². The van der Waals surface area contributed by atoms with Crippen LogP contribution >= 0.6 is 0 Å². The first kappa shape index (κ1) is 17.4. The molecule has 4 unspecified atom stereocenters. The second kappa shape index (κ2) is 5.49. The lowest BCUT2D eigenvalue weighted by Crippen LogP contribution is -2.60. The van der Waals surface area contributed by atoms with Crippen LogP contribution in [0.15, 0.2) is 18.2 Å². The molecular weight excluding hydrogens is 354 g/mol. The van der Waals surface area contributed by atoms with Gasteiger partial charge in [-0.25, -0.2) is 8.78 Å². The maximum atomic E-state index is 14.6. The van der Waals surface area contributed by atoms with E-state index < -0.39 is 46.2 Å². The summed E-state index contributed by atoms with van der Waals surface area (Å²) in [5.74, 6) is -4.35. The van der Waals surface area contributed by atoms with Crippen molar-refractivity contribution in [3.8, 4) is 18.2 Å². The van der Waals surface area contributed by atoms with Gasteiger partial charge in [0.05, 0.1) is 24.1 Å². The summed E-state index contributed by atoms with van der Waals surface area (Å²) in [7, 11) is 0. The number of nitrogens with zero attached hydrogens (tertiary/aromatic N) is 3. The van der Waals surface area contributed by atoms with Crippen LogP contribution in [-0.4, -0.2) is 11.7 Å². The molecule has 27 heavy (non-hydrogen) atoms. The van der Waals surface area contributed by atoms with Gasteiger partial charge >= 0.3 is 0 Å². The van der Waals surface area contributed by atoms with Gasteiger partial charge in [-0.1, -0.05) is 12.5 Å². The first-order valence-corrected chi connectivity index (χ1v) is 8.55. The van der Waals surface area contributed by atoms with Crippen LogP contribution in [0.3, 0.4) is 0 Å². The molecule has 3 fully saturated rings. The number of rotatable bonds is 1. The van der Waals surface area contributed by atoms with Gasteiger partial charge in [0.1, 0.15) is 17.7 Å². The Morgan fingerprint density at radius 2 is 1.85 bits per heavy atom. The normalized spacial score (nSPS) is 35.9. The van der Waals surface area contributed by atoms with Crippen molar-refractivity contribution >= 4 is 5.90 Å². The number of benzene rings is 1. The Morgan fingerprint density at radius 1 is 1.11 bits per heavy atom. The highest BCUT2D eigenvalue weighted by Gasteiger charge is 2.80. The van der Waals surface area contributed by atoms with Crippen molar-refractivity contribution in [2.45, 2.75) is 37.6 Å². The lowest BCUT2D eigenvalue weighted by Gasteiger charge is -2.51. The number of hydrogen-bond acceptors (Lipinski definition) is 6. The van der Waals surface area contributed by atoms with E-state index in [1.54, 1.807) is 0 Å². The van der Waals surface area contributed by atoms with Crippen molar-refractivity contribution < 1.29 is 18.3 Å². The molecule has 2 bridgehead atoms. The van der Waals surface area contributed by atoms with Crippen LogP contribution in [0.1, 0.15) is 37.4 Å². The zero-order valence-corrected chi connectivity index (χ0v) is 14.1. The molecule has 1 aromatic carbocycles. The van der Waals surface area contributed by atoms with Gasteiger partial charge in [0, 0.05) is 18.1 Å². The first-order valence-electron chi connectivity index (χ1n) is 8.55. The van der Waals surface area contributed by atoms with Crippen molar-refractivity contribution in [2.24, 2.45) is 16.7 Å². The number of hydrogen-bond donors (Lipinski definition) is 1. The smallest absolute Gasteiger partial charge is 0.217 e. The highest BCUT2D eigenvalue weighted by Crippen LogP contribution is 2.69. The van der Waals surface area contributed by atoms with Crippen LogP contribution in [0.4, 0.5) is 8.78 Å². The third-order valence-corrected chi connectivity index (χ3v) is 6.06. The first-order chi connectivity index (χ1) is 12.9. The summed E-state index contributed by atoms with van der Waals surface area (Å²) >= 11 is 0. The van der Waals surface area contributed by atoms with Crippen LogP contribution in [-0.2, 0) is 9.47 Å². The summed E-state index contributed by atoms with van der Waals surface area (Å²) in [4.78, 5) is 0. The van der Waals surface area contributed by atoms with Gasteiger partial charge in [0.15, 0.2) is 5.41 Å². The Labute approximate surface area is 154 Å². The fourth-order valence-electron chi connectivity index (χ4n) is 4.85. The van der Waals surface area contributed by atoms with E-state index in [0.717, 1.165) is 18.6 Å². The van der Waals surface area contributed by atoms with Crippen LogP contribution in [0.2, 0.25) is 0 Å². The summed E-state index contributed by atoms with van der Waals surface area (Å²) in [5.41, 5.74) is -4.30. The summed E-state index contributed by atoms with van der Waals surface area (Å²) in [6.45, 7) is 0. The zero-order valence-electron chi connectivity index (χ0n) is 14.1. The second-order valence-electron chi connectivity index (χ2n) is 7.16.